The Balaban J connectivity index is 2.75. The Hall–Kier alpha value is -1.27. The molecule has 0 atom stereocenters. The van der Waals surface area contributed by atoms with Crippen molar-refractivity contribution in [3.8, 4) is 17.6 Å². The number of rotatable bonds is 4. The van der Waals surface area contributed by atoms with Crippen LogP contribution in [0.5, 0.6) is 5.75 Å². The van der Waals surface area contributed by atoms with E-state index in [0.717, 1.165) is 10.2 Å². The summed E-state index contributed by atoms with van der Waals surface area (Å²) in [4.78, 5) is 11.7. The van der Waals surface area contributed by atoms with Crippen molar-refractivity contribution in [2.45, 2.75) is 19.8 Å². The van der Waals surface area contributed by atoms with E-state index in [1.807, 2.05) is 0 Å². The molecule has 0 saturated heterocycles. The Labute approximate surface area is 104 Å². The summed E-state index contributed by atoms with van der Waals surface area (Å²) in [6.45, 7) is 1.77. The maximum absolute atomic E-state index is 11.7. The summed E-state index contributed by atoms with van der Waals surface area (Å²) in [5.74, 6) is 6.48. The summed E-state index contributed by atoms with van der Waals surface area (Å²) in [5.41, 5.74) is 0.686. The van der Waals surface area contributed by atoms with Gasteiger partial charge in [-0.05, 0) is 41.1 Å². The van der Waals surface area contributed by atoms with Crippen LogP contribution in [0.3, 0.4) is 0 Å². The molecular formula is C13H13BrO2. The molecule has 1 rings (SSSR count). The molecule has 0 bridgehead atoms. The predicted octanol–water partition coefficient (Wildman–Crippen LogP) is 3.44. The van der Waals surface area contributed by atoms with Gasteiger partial charge in [-0.25, -0.2) is 0 Å². The highest BCUT2D eigenvalue weighted by atomic mass is 79.9. The Morgan fingerprint density at radius 1 is 1.50 bits per heavy atom. The van der Waals surface area contributed by atoms with Gasteiger partial charge < -0.3 is 4.74 Å². The van der Waals surface area contributed by atoms with Crippen molar-refractivity contribution < 1.29 is 9.53 Å². The van der Waals surface area contributed by atoms with Crippen molar-refractivity contribution in [2.24, 2.45) is 0 Å². The van der Waals surface area contributed by atoms with Gasteiger partial charge in [0.25, 0.3) is 0 Å². The van der Waals surface area contributed by atoms with Crippen LogP contribution < -0.4 is 4.74 Å². The second-order valence-corrected chi connectivity index (χ2v) is 4.05. The minimum absolute atomic E-state index is 0.103. The summed E-state index contributed by atoms with van der Waals surface area (Å²) in [5, 5.41) is 0. The zero-order valence-electron chi connectivity index (χ0n) is 9.34. The minimum atomic E-state index is 0.103. The van der Waals surface area contributed by atoms with E-state index in [0.29, 0.717) is 18.4 Å². The zero-order valence-corrected chi connectivity index (χ0v) is 10.9. The average Bonchev–Trinajstić information content (AvgIpc) is 2.29. The molecule has 0 radical (unpaired) electrons. The molecule has 0 amide bonds. The Morgan fingerprint density at radius 3 is 2.81 bits per heavy atom. The number of carbonyl (C=O) groups excluding carboxylic acids is 1. The molecule has 0 heterocycles. The molecule has 0 aromatic heterocycles. The van der Waals surface area contributed by atoms with Crippen molar-refractivity contribution in [2.75, 3.05) is 7.11 Å². The van der Waals surface area contributed by atoms with Gasteiger partial charge in [-0.2, -0.15) is 0 Å². The van der Waals surface area contributed by atoms with Gasteiger partial charge in [0, 0.05) is 18.4 Å². The molecule has 16 heavy (non-hydrogen) atoms. The molecule has 3 heteroatoms. The van der Waals surface area contributed by atoms with Gasteiger partial charge in [-0.15, -0.1) is 11.8 Å². The molecule has 1 aromatic rings. The number of ketones is 1. The van der Waals surface area contributed by atoms with E-state index in [4.69, 9.17) is 4.74 Å². The lowest BCUT2D eigenvalue weighted by molar-refractivity contribution is 0.0984. The highest BCUT2D eigenvalue weighted by molar-refractivity contribution is 9.10. The molecule has 1 aromatic carbocycles. The molecule has 0 saturated carbocycles. The SMILES string of the molecule is CC#CCCC(=O)c1ccc(OC)c(Br)c1. The molecule has 0 spiro atoms. The minimum Gasteiger partial charge on any atom is -0.496 e. The topological polar surface area (TPSA) is 26.3 Å². The summed E-state index contributed by atoms with van der Waals surface area (Å²) in [6, 6.07) is 5.33. The van der Waals surface area contributed by atoms with Crippen LogP contribution in [-0.2, 0) is 0 Å². The van der Waals surface area contributed by atoms with Crippen molar-refractivity contribution >= 4 is 21.7 Å². The summed E-state index contributed by atoms with van der Waals surface area (Å²) < 4.78 is 5.89. The molecular weight excluding hydrogens is 268 g/mol. The lowest BCUT2D eigenvalue weighted by Gasteiger charge is -2.04. The van der Waals surface area contributed by atoms with E-state index < -0.39 is 0 Å². The number of benzene rings is 1. The molecule has 84 valence electrons. The van der Waals surface area contributed by atoms with Crippen LogP contribution in [0.1, 0.15) is 30.1 Å². The summed E-state index contributed by atoms with van der Waals surface area (Å²) >= 11 is 3.35. The maximum Gasteiger partial charge on any atom is 0.163 e. The zero-order chi connectivity index (χ0) is 12.0. The molecule has 0 unspecified atom stereocenters. The largest absolute Gasteiger partial charge is 0.496 e. The van der Waals surface area contributed by atoms with Crippen LogP contribution in [0.4, 0.5) is 0 Å². The maximum atomic E-state index is 11.7. The van der Waals surface area contributed by atoms with Crippen LogP contribution >= 0.6 is 15.9 Å². The number of carbonyl (C=O) groups is 1. The van der Waals surface area contributed by atoms with Gasteiger partial charge in [-0.1, -0.05) is 0 Å². The van der Waals surface area contributed by atoms with Crippen LogP contribution in [0.15, 0.2) is 22.7 Å². The van der Waals surface area contributed by atoms with Crippen molar-refractivity contribution in [3.05, 3.63) is 28.2 Å². The fourth-order valence-electron chi connectivity index (χ4n) is 1.29. The lowest BCUT2D eigenvalue weighted by atomic mass is 10.1. The van der Waals surface area contributed by atoms with Gasteiger partial charge in [-0.3, -0.25) is 4.79 Å². The van der Waals surface area contributed by atoms with Crippen LogP contribution in [0, 0.1) is 11.8 Å². The monoisotopic (exact) mass is 280 g/mol. The Bertz CT molecular complexity index is 441. The van der Waals surface area contributed by atoms with E-state index in [9.17, 15) is 4.79 Å². The molecule has 0 N–H and O–H groups in total. The number of ether oxygens (including phenoxy) is 1. The van der Waals surface area contributed by atoms with Crippen molar-refractivity contribution in [1.82, 2.24) is 0 Å². The molecule has 2 nitrogen and oxygen atoms in total. The Kier molecular flexibility index (Phi) is 5.07. The number of hydrogen-bond acceptors (Lipinski definition) is 2. The van der Waals surface area contributed by atoms with Gasteiger partial charge in [0.15, 0.2) is 5.78 Å². The van der Waals surface area contributed by atoms with E-state index >= 15 is 0 Å². The van der Waals surface area contributed by atoms with Gasteiger partial charge in [0.05, 0.1) is 11.6 Å². The van der Waals surface area contributed by atoms with Gasteiger partial charge in [0.2, 0.25) is 0 Å². The second kappa shape index (κ2) is 6.34. The predicted molar refractivity (Wildman–Crippen MR) is 67.7 cm³/mol. The number of methoxy groups -OCH3 is 1. The third-order valence-corrected chi connectivity index (χ3v) is 2.75. The molecule has 0 fully saturated rings. The quantitative estimate of drug-likeness (QED) is 0.624. The summed E-state index contributed by atoms with van der Waals surface area (Å²) in [7, 11) is 1.60. The van der Waals surface area contributed by atoms with Crippen molar-refractivity contribution in [3.63, 3.8) is 0 Å². The molecule has 0 aliphatic rings. The first-order valence-electron chi connectivity index (χ1n) is 4.95. The number of halogens is 1. The van der Waals surface area contributed by atoms with Crippen LogP contribution in [0.25, 0.3) is 0 Å². The first-order chi connectivity index (χ1) is 7.69. The van der Waals surface area contributed by atoms with E-state index in [-0.39, 0.29) is 5.78 Å². The fraction of sp³-hybridized carbons (Fsp3) is 0.308. The van der Waals surface area contributed by atoms with E-state index in [1.165, 1.54) is 0 Å². The standard InChI is InChI=1S/C13H13BrO2/c1-3-4-5-6-12(15)10-7-8-13(16-2)11(14)9-10/h7-9H,5-6H2,1-2H3. The van der Waals surface area contributed by atoms with Crippen LogP contribution in [-0.4, -0.2) is 12.9 Å². The lowest BCUT2D eigenvalue weighted by Crippen LogP contribution is -1.98. The smallest absolute Gasteiger partial charge is 0.163 e. The fourth-order valence-corrected chi connectivity index (χ4v) is 1.83. The van der Waals surface area contributed by atoms with Gasteiger partial charge >= 0.3 is 0 Å². The van der Waals surface area contributed by atoms with Gasteiger partial charge in [0.1, 0.15) is 5.75 Å². The van der Waals surface area contributed by atoms with E-state index in [2.05, 4.69) is 27.8 Å². The first kappa shape index (κ1) is 12.8. The van der Waals surface area contributed by atoms with Crippen LogP contribution in [0.2, 0.25) is 0 Å². The Morgan fingerprint density at radius 2 is 2.25 bits per heavy atom. The third kappa shape index (κ3) is 3.39. The number of hydrogen-bond donors (Lipinski definition) is 0. The van der Waals surface area contributed by atoms with Crippen molar-refractivity contribution in [1.29, 1.82) is 0 Å². The molecule has 0 aliphatic heterocycles. The summed E-state index contributed by atoms with van der Waals surface area (Å²) in [6.07, 6.45) is 1.07. The second-order valence-electron chi connectivity index (χ2n) is 3.20. The average molecular weight is 281 g/mol. The highest BCUT2D eigenvalue weighted by Gasteiger charge is 2.07. The molecule has 0 aliphatic carbocycles. The highest BCUT2D eigenvalue weighted by Crippen LogP contribution is 2.26. The number of Topliss-reactive ketones (excluding diaryl/α,β-unsaturated/α-hetero) is 1. The first-order valence-corrected chi connectivity index (χ1v) is 5.74. The van der Waals surface area contributed by atoms with E-state index in [1.54, 1.807) is 32.2 Å². The normalized spacial score (nSPS) is 9.19. The third-order valence-electron chi connectivity index (χ3n) is 2.13.